The lowest BCUT2D eigenvalue weighted by Crippen LogP contribution is -2.56. The van der Waals surface area contributed by atoms with Crippen molar-refractivity contribution in [1.82, 2.24) is 0 Å². The Labute approximate surface area is 99.9 Å². The first kappa shape index (κ1) is 15.8. The van der Waals surface area contributed by atoms with Crippen molar-refractivity contribution in [3.63, 3.8) is 0 Å². The van der Waals surface area contributed by atoms with Gasteiger partial charge in [-0.1, -0.05) is 6.08 Å². The van der Waals surface area contributed by atoms with E-state index in [1.165, 1.54) is 0 Å². The molecule has 0 bridgehead atoms. The highest BCUT2D eigenvalue weighted by Crippen LogP contribution is 2.17. The van der Waals surface area contributed by atoms with Gasteiger partial charge in [-0.2, -0.15) is 0 Å². The maximum absolute atomic E-state index is 5.70. The number of rotatable bonds is 10. The highest BCUT2D eigenvalue weighted by atomic mass is 28.4. The number of ether oxygens (including phenoxy) is 1. The van der Waals surface area contributed by atoms with E-state index in [1.807, 2.05) is 27.7 Å². The predicted molar refractivity (Wildman–Crippen MR) is 66.2 cm³/mol. The molecular weight excluding hydrogens is 224 g/mol. The molecule has 4 nitrogen and oxygen atoms in total. The molecule has 96 valence electrons. The van der Waals surface area contributed by atoms with Crippen molar-refractivity contribution in [2.24, 2.45) is 0 Å². The zero-order valence-corrected chi connectivity index (χ0v) is 11.8. The third kappa shape index (κ3) is 4.76. The largest absolute Gasteiger partial charge is 0.531 e. The number of hydrogen-bond acceptors (Lipinski definition) is 4. The molecule has 0 spiro atoms. The van der Waals surface area contributed by atoms with Crippen LogP contribution < -0.4 is 0 Å². The van der Waals surface area contributed by atoms with Crippen molar-refractivity contribution >= 4 is 8.80 Å². The van der Waals surface area contributed by atoms with Gasteiger partial charge in [0.1, 0.15) is 5.73 Å². The molecule has 0 saturated heterocycles. The molecule has 0 aromatic carbocycles. The molecule has 0 rings (SSSR count). The Kier molecular flexibility index (Phi) is 8.78. The zero-order valence-electron chi connectivity index (χ0n) is 10.8. The van der Waals surface area contributed by atoms with Crippen LogP contribution in [-0.4, -0.2) is 41.0 Å². The Hall–Kier alpha value is -0.203. The highest BCUT2D eigenvalue weighted by molar-refractivity contribution is 6.62. The van der Waals surface area contributed by atoms with E-state index >= 15 is 0 Å². The fourth-order valence-corrected chi connectivity index (χ4v) is 3.86. The van der Waals surface area contributed by atoms with Crippen molar-refractivity contribution in [2.75, 3.05) is 26.4 Å². The second-order valence-electron chi connectivity index (χ2n) is 3.17. The molecule has 0 heterocycles. The van der Waals surface area contributed by atoms with Crippen LogP contribution in [0.5, 0.6) is 0 Å². The molecule has 16 heavy (non-hydrogen) atoms. The minimum atomic E-state index is -2.71. The molecule has 0 fully saturated rings. The van der Waals surface area contributed by atoms with Crippen molar-refractivity contribution < 1.29 is 18.0 Å². The molecule has 0 saturated carbocycles. The van der Waals surface area contributed by atoms with E-state index < -0.39 is 8.80 Å². The van der Waals surface area contributed by atoms with E-state index in [0.29, 0.717) is 26.4 Å². The van der Waals surface area contributed by atoms with E-state index in [2.05, 4.69) is 6.58 Å². The first-order valence-corrected chi connectivity index (χ1v) is 7.61. The summed E-state index contributed by atoms with van der Waals surface area (Å²) in [4.78, 5) is 0. The number of hydrogen-bond donors (Lipinski definition) is 0. The molecule has 0 aromatic rings. The fraction of sp³-hybridized carbons (Fsp3) is 0.818. The summed E-state index contributed by atoms with van der Waals surface area (Å²) in [5.41, 5.74) is -0.176. The summed E-state index contributed by atoms with van der Waals surface area (Å²) in [7, 11) is -2.71. The van der Waals surface area contributed by atoms with Crippen LogP contribution in [0.2, 0.25) is 0 Å². The van der Waals surface area contributed by atoms with Gasteiger partial charge in [0.2, 0.25) is 0 Å². The minimum Gasteiger partial charge on any atom is -0.372 e. The Morgan fingerprint density at radius 2 is 1.50 bits per heavy atom. The average molecular weight is 248 g/mol. The van der Waals surface area contributed by atoms with Crippen LogP contribution in [0.3, 0.4) is 0 Å². The molecular formula is C11H24O4Si. The van der Waals surface area contributed by atoms with Gasteiger partial charge in [-0.05, 0) is 27.7 Å². The van der Waals surface area contributed by atoms with Gasteiger partial charge >= 0.3 is 8.80 Å². The van der Waals surface area contributed by atoms with Crippen LogP contribution >= 0.6 is 0 Å². The maximum atomic E-state index is 5.70. The van der Waals surface area contributed by atoms with Crippen molar-refractivity contribution in [3.8, 4) is 0 Å². The Balaban J connectivity index is 4.60. The third-order valence-electron chi connectivity index (χ3n) is 2.00. The van der Waals surface area contributed by atoms with Gasteiger partial charge in [-0.3, -0.25) is 0 Å². The van der Waals surface area contributed by atoms with E-state index in [0.717, 1.165) is 0 Å². The Morgan fingerprint density at radius 1 is 1.06 bits per heavy atom. The first-order valence-electron chi connectivity index (χ1n) is 5.81. The van der Waals surface area contributed by atoms with Gasteiger partial charge in [0.05, 0.1) is 6.61 Å². The predicted octanol–water partition coefficient (Wildman–Crippen LogP) is 2.17. The summed E-state index contributed by atoms with van der Waals surface area (Å²) >= 11 is 0. The monoisotopic (exact) mass is 248 g/mol. The quantitative estimate of drug-likeness (QED) is 0.438. The first-order chi connectivity index (χ1) is 7.66. The van der Waals surface area contributed by atoms with E-state index in [-0.39, 0.29) is 5.73 Å². The van der Waals surface area contributed by atoms with Crippen molar-refractivity contribution in [3.05, 3.63) is 12.7 Å². The van der Waals surface area contributed by atoms with E-state index in [9.17, 15) is 0 Å². The standard InChI is InChI=1S/C11H24O4Si/c1-6-10-12-11(5)16(13-7-2,14-8-3)15-9-4/h6,11H,1,7-10H2,2-5H3. The van der Waals surface area contributed by atoms with Crippen LogP contribution in [0.25, 0.3) is 0 Å². The SMILES string of the molecule is C=CCOC(C)[Si](OCC)(OCC)OCC. The summed E-state index contributed by atoms with van der Waals surface area (Å²) in [5.74, 6) is 0. The third-order valence-corrected chi connectivity index (χ3v) is 5.23. The van der Waals surface area contributed by atoms with E-state index in [4.69, 9.17) is 18.0 Å². The second-order valence-corrected chi connectivity index (χ2v) is 6.05. The lowest BCUT2D eigenvalue weighted by Gasteiger charge is -2.32. The zero-order chi connectivity index (χ0) is 12.4. The fourth-order valence-electron chi connectivity index (χ4n) is 1.40. The van der Waals surface area contributed by atoms with Gasteiger partial charge < -0.3 is 18.0 Å². The summed E-state index contributed by atoms with van der Waals surface area (Å²) < 4.78 is 22.7. The van der Waals surface area contributed by atoms with Crippen LogP contribution in [0.15, 0.2) is 12.7 Å². The Bertz CT molecular complexity index is 170. The summed E-state index contributed by atoms with van der Waals surface area (Å²) in [5, 5.41) is 0. The van der Waals surface area contributed by atoms with Crippen LogP contribution in [-0.2, 0) is 18.0 Å². The smallest absolute Gasteiger partial charge is 0.372 e. The lowest BCUT2D eigenvalue weighted by molar-refractivity contribution is 0.00390. The topological polar surface area (TPSA) is 36.9 Å². The molecule has 0 aliphatic rings. The van der Waals surface area contributed by atoms with Crippen LogP contribution in [0.1, 0.15) is 27.7 Å². The molecule has 5 heteroatoms. The summed E-state index contributed by atoms with van der Waals surface area (Å²) in [6.07, 6.45) is 1.71. The normalized spacial score (nSPS) is 13.8. The van der Waals surface area contributed by atoms with Crippen molar-refractivity contribution in [2.45, 2.75) is 33.4 Å². The van der Waals surface area contributed by atoms with Crippen LogP contribution in [0, 0.1) is 0 Å². The molecule has 0 aliphatic heterocycles. The molecule has 0 aliphatic carbocycles. The minimum absolute atomic E-state index is 0.176. The van der Waals surface area contributed by atoms with Crippen molar-refractivity contribution in [1.29, 1.82) is 0 Å². The summed E-state index contributed by atoms with van der Waals surface area (Å²) in [6.45, 7) is 13.5. The Morgan fingerprint density at radius 3 is 1.81 bits per heavy atom. The molecule has 1 unspecified atom stereocenters. The van der Waals surface area contributed by atoms with Crippen LogP contribution in [0.4, 0.5) is 0 Å². The second kappa shape index (κ2) is 8.89. The van der Waals surface area contributed by atoms with Gasteiger partial charge in [0.25, 0.3) is 0 Å². The maximum Gasteiger partial charge on any atom is 0.531 e. The molecule has 1 atom stereocenters. The molecule has 0 amide bonds. The highest BCUT2D eigenvalue weighted by Gasteiger charge is 2.47. The molecule has 0 N–H and O–H groups in total. The lowest BCUT2D eigenvalue weighted by atomic mass is 10.7. The van der Waals surface area contributed by atoms with Gasteiger partial charge in [0.15, 0.2) is 0 Å². The average Bonchev–Trinajstić information content (AvgIpc) is 2.26. The van der Waals surface area contributed by atoms with Gasteiger partial charge in [-0.15, -0.1) is 6.58 Å². The summed E-state index contributed by atoms with van der Waals surface area (Å²) in [6, 6.07) is 0. The van der Waals surface area contributed by atoms with E-state index in [1.54, 1.807) is 6.08 Å². The van der Waals surface area contributed by atoms with Gasteiger partial charge in [0, 0.05) is 19.8 Å². The van der Waals surface area contributed by atoms with Gasteiger partial charge in [-0.25, -0.2) is 0 Å². The molecule has 0 radical (unpaired) electrons. The molecule has 0 aromatic heterocycles.